The predicted molar refractivity (Wildman–Crippen MR) is 65.9 cm³/mol. The highest BCUT2D eigenvalue weighted by Gasteiger charge is 2.17. The maximum Gasteiger partial charge on any atom is 0.115 e. The van der Waals surface area contributed by atoms with Crippen molar-refractivity contribution in [3.05, 3.63) is 23.8 Å². The first-order valence-electron chi connectivity index (χ1n) is 4.88. The fourth-order valence-corrected chi connectivity index (χ4v) is 1.86. The molecule has 1 atom stereocenters. The summed E-state index contributed by atoms with van der Waals surface area (Å²) in [5, 5.41) is 3.49. The lowest BCUT2D eigenvalue weighted by molar-refractivity contribution is 0.403. The van der Waals surface area contributed by atoms with Crippen LogP contribution >= 0.6 is 24.8 Å². The summed E-state index contributed by atoms with van der Waals surface area (Å²) in [4.78, 5) is 8.33. The van der Waals surface area contributed by atoms with E-state index in [0.717, 1.165) is 6.54 Å². The molecular weight excluding hydrogens is 233 g/mol. The normalized spacial score (nSPS) is 19.9. The SMILES string of the molecule is Cc1cncnc1C1CCCCN1.Cl.Cl. The maximum atomic E-state index is 4.33. The minimum Gasteiger partial charge on any atom is -0.309 e. The molecule has 1 aromatic heterocycles. The highest BCUT2D eigenvalue weighted by molar-refractivity contribution is 5.85. The van der Waals surface area contributed by atoms with Crippen LogP contribution in [0.1, 0.15) is 36.6 Å². The molecule has 86 valence electrons. The van der Waals surface area contributed by atoms with Gasteiger partial charge in [0.2, 0.25) is 0 Å². The lowest BCUT2D eigenvalue weighted by Crippen LogP contribution is -2.28. The number of hydrogen-bond donors (Lipinski definition) is 1. The molecule has 0 aromatic carbocycles. The van der Waals surface area contributed by atoms with Gasteiger partial charge >= 0.3 is 0 Å². The number of aryl methyl sites for hydroxylation is 1. The first-order valence-corrected chi connectivity index (χ1v) is 4.88. The second-order valence-electron chi connectivity index (χ2n) is 3.59. The van der Waals surface area contributed by atoms with Crippen LogP contribution in [0.4, 0.5) is 0 Å². The number of halogens is 2. The first kappa shape index (κ1) is 14.6. The van der Waals surface area contributed by atoms with Gasteiger partial charge in [-0.3, -0.25) is 0 Å². The van der Waals surface area contributed by atoms with Gasteiger partial charge in [0.1, 0.15) is 6.33 Å². The van der Waals surface area contributed by atoms with E-state index in [0.29, 0.717) is 6.04 Å². The summed E-state index contributed by atoms with van der Waals surface area (Å²) < 4.78 is 0. The predicted octanol–water partition coefficient (Wildman–Crippen LogP) is 2.44. The molecule has 2 heterocycles. The highest BCUT2D eigenvalue weighted by Crippen LogP contribution is 2.22. The fraction of sp³-hybridized carbons (Fsp3) is 0.600. The van der Waals surface area contributed by atoms with E-state index in [4.69, 9.17) is 0 Å². The third-order valence-corrected chi connectivity index (χ3v) is 2.58. The van der Waals surface area contributed by atoms with Crippen LogP contribution in [-0.2, 0) is 0 Å². The van der Waals surface area contributed by atoms with Crippen molar-refractivity contribution in [2.75, 3.05) is 6.54 Å². The lowest BCUT2D eigenvalue weighted by Gasteiger charge is -2.23. The van der Waals surface area contributed by atoms with Crippen molar-refractivity contribution in [3.63, 3.8) is 0 Å². The van der Waals surface area contributed by atoms with Gasteiger partial charge in [0, 0.05) is 12.2 Å². The number of hydrogen-bond acceptors (Lipinski definition) is 3. The molecule has 5 heteroatoms. The largest absolute Gasteiger partial charge is 0.309 e. The van der Waals surface area contributed by atoms with Gasteiger partial charge in [-0.25, -0.2) is 9.97 Å². The molecule has 1 aliphatic heterocycles. The van der Waals surface area contributed by atoms with Crippen molar-refractivity contribution >= 4 is 24.8 Å². The number of rotatable bonds is 1. The van der Waals surface area contributed by atoms with Gasteiger partial charge in [0.15, 0.2) is 0 Å². The van der Waals surface area contributed by atoms with Crippen molar-refractivity contribution in [2.24, 2.45) is 0 Å². The zero-order chi connectivity index (χ0) is 9.10. The molecule has 15 heavy (non-hydrogen) atoms. The summed E-state index contributed by atoms with van der Waals surface area (Å²) in [5.74, 6) is 0. The molecule has 2 rings (SSSR count). The van der Waals surface area contributed by atoms with Gasteiger partial charge in [-0.1, -0.05) is 6.42 Å². The Morgan fingerprint density at radius 3 is 2.73 bits per heavy atom. The van der Waals surface area contributed by atoms with Crippen LogP contribution in [0.2, 0.25) is 0 Å². The summed E-state index contributed by atoms with van der Waals surface area (Å²) >= 11 is 0. The van der Waals surface area contributed by atoms with Crippen molar-refractivity contribution in [2.45, 2.75) is 32.2 Å². The molecule has 0 amide bonds. The second kappa shape index (κ2) is 6.99. The molecule has 0 saturated carbocycles. The molecule has 0 aliphatic carbocycles. The van der Waals surface area contributed by atoms with Crippen molar-refractivity contribution < 1.29 is 0 Å². The molecule has 1 aromatic rings. The second-order valence-corrected chi connectivity index (χ2v) is 3.59. The highest BCUT2D eigenvalue weighted by atomic mass is 35.5. The standard InChI is InChI=1S/C10H15N3.2ClH/c1-8-6-11-7-13-10(8)9-4-2-3-5-12-9;;/h6-7,9,12H,2-5H2,1H3;2*1H. The summed E-state index contributed by atoms with van der Waals surface area (Å²) in [6, 6.07) is 0.455. The fourth-order valence-electron chi connectivity index (χ4n) is 1.86. The summed E-state index contributed by atoms with van der Waals surface area (Å²) in [6.07, 6.45) is 7.33. The van der Waals surface area contributed by atoms with E-state index in [2.05, 4.69) is 22.2 Å². The summed E-state index contributed by atoms with van der Waals surface area (Å²) in [5.41, 5.74) is 2.37. The zero-order valence-corrected chi connectivity index (χ0v) is 10.4. The van der Waals surface area contributed by atoms with E-state index in [1.165, 1.54) is 30.5 Å². The van der Waals surface area contributed by atoms with Crippen molar-refractivity contribution in [1.82, 2.24) is 15.3 Å². The topological polar surface area (TPSA) is 37.8 Å². The van der Waals surface area contributed by atoms with Crippen LogP contribution in [0.25, 0.3) is 0 Å². The average Bonchev–Trinajstić information content (AvgIpc) is 2.20. The van der Waals surface area contributed by atoms with Gasteiger partial charge in [-0.15, -0.1) is 24.8 Å². The molecule has 1 unspecified atom stereocenters. The Morgan fingerprint density at radius 1 is 1.33 bits per heavy atom. The van der Waals surface area contributed by atoms with Crippen LogP contribution < -0.4 is 5.32 Å². The average molecular weight is 250 g/mol. The molecule has 0 bridgehead atoms. The molecule has 0 spiro atoms. The first-order chi connectivity index (χ1) is 6.38. The number of aromatic nitrogens is 2. The minimum absolute atomic E-state index is 0. The Kier molecular flexibility index (Phi) is 6.81. The smallest absolute Gasteiger partial charge is 0.115 e. The molecular formula is C10H17Cl2N3. The van der Waals surface area contributed by atoms with Crippen molar-refractivity contribution in [1.29, 1.82) is 0 Å². The molecule has 1 aliphatic rings. The Bertz CT molecular complexity index is 288. The molecule has 1 saturated heterocycles. The van der Waals surface area contributed by atoms with E-state index in [1.54, 1.807) is 6.33 Å². The molecule has 0 radical (unpaired) electrons. The Morgan fingerprint density at radius 2 is 2.13 bits per heavy atom. The van der Waals surface area contributed by atoms with Crippen LogP contribution in [0.5, 0.6) is 0 Å². The lowest BCUT2D eigenvalue weighted by atomic mass is 10.00. The number of nitrogens with zero attached hydrogens (tertiary/aromatic N) is 2. The molecule has 1 fully saturated rings. The molecule has 1 N–H and O–H groups in total. The van der Waals surface area contributed by atoms with E-state index in [9.17, 15) is 0 Å². The Hall–Kier alpha value is -0.380. The summed E-state index contributed by atoms with van der Waals surface area (Å²) in [6.45, 7) is 3.19. The van der Waals surface area contributed by atoms with Gasteiger partial charge in [0.25, 0.3) is 0 Å². The van der Waals surface area contributed by atoms with Crippen LogP contribution in [0, 0.1) is 6.92 Å². The van der Waals surface area contributed by atoms with Gasteiger partial charge in [-0.2, -0.15) is 0 Å². The monoisotopic (exact) mass is 249 g/mol. The van der Waals surface area contributed by atoms with Gasteiger partial charge in [-0.05, 0) is 31.9 Å². The van der Waals surface area contributed by atoms with E-state index in [1.807, 2.05) is 6.20 Å². The van der Waals surface area contributed by atoms with Crippen LogP contribution in [0.15, 0.2) is 12.5 Å². The van der Waals surface area contributed by atoms with E-state index < -0.39 is 0 Å². The number of nitrogens with one attached hydrogen (secondary N) is 1. The quantitative estimate of drug-likeness (QED) is 0.831. The third-order valence-electron chi connectivity index (χ3n) is 2.58. The minimum atomic E-state index is 0. The van der Waals surface area contributed by atoms with Crippen LogP contribution in [0.3, 0.4) is 0 Å². The van der Waals surface area contributed by atoms with Gasteiger partial charge < -0.3 is 5.32 Å². The Labute approximate surface area is 103 Å². The number of piperidine rings is 1. The zero-order valence-electron chi connectivity index (χ0n) is 8.77. The van der Waals surface area contributed by atoms with E-state index >= 15 is 0 Å². The van der Waals surface area contributed by atoms with Crippen LogP contribution in [-0.4, -0.2) is 16.5 Å². The molecule has 3 nitrogen and oxygen atoms in total. The van der Waals surface area contributed by atoms with Crippen molar-refractivity contribution in [3.8, 4) is 0 Å². The van der Waals surface area contributed by atoms with Gasteiger partial charge in [0.05, 0.1) is 5.69 Å². The van der Waals surface area contributed by atoms with E-state index in [-0.39, 0.29) is 24.8 Å². The Balaban J connectivity index is 0.000000980. The maximum absolute atomic E-state index is 4.33. The third kappa shape index (κ3) is 3.59. The summed E-state index contributed by atoms with van der Waals surface area (Å²) in [7, 11) is 0.